The zero-order valence-corrected chi connectivity index (χ0v) is 17.2. The Bertz CT molecular complexity index is 942. The van der Waals surface area contributed by atoms with E-state index in [1.807, 2.05) is 31.2 Å². The van der Waals surface area contributed by atoms with Gasteiger partial charge in [0.15, 0.2) is 11.5 Å². The molecule has 2 N–H and O–H groups in total. The SMILES string of the molecule is COc1ccc(C(=O)NNC(=O)C2CC(=O)N(Cc3ccc(C)cc3)C2)cc1OC. The van der Waals surface area contributed by atoms with Crippen LogP contribution >= 0.6 is 0 Å². The number of amides is 3. The van der Waals surface area contributed by atoms with Gasteiger partial charge in [-0.2, -0.15) is 0 Å². The van der Waals surface area contributed by atoms with E-state index < -0.39 is 17.7 Å². The fourth-order valence-corrected chi connectivity index (χ4v) is 3.28. The van der Waals surface area contributed by atoms with Crippen LogP contribution in [-0.2, 0) is 16.1 Å². The van der Waals surface area contributed by atoms with Crippen molar-refractivity contribution in [2.75, 3.05) is 20.8 Å². The Morgan fingerprint density at radius 2 is 1.73 bits per heavy atom. The third-order valence-electron chi connectivity index (χ3n) is 5.02. The molecule has 1 unspecified atom stereocenters. The molecule has 2 aromatic carbocycles. The van der Waals surface area contributed by atoms with Crippen molar-refractivity contribution in [3.05, 3.63) is 59.2 Å². The number of ether oxygens (including phenoxy) is 2. The number of carbonyl (C=O) groups excluding carboxylic acids is 3. The predicted octanol–water partition coefficient (Wildman–Crippen LogP) is 1.82. The lowest BCUT2D eigenvalue weighted by Crippen LogP contribution is -2.45. The molecule has 1 saturated heterocycles. The van der Waals surface area contributed by atoms with Gasteiger partial charge in [0.2, 0.25) is 11.8 Å². The first kappa shape index (κ1) is 21.2. The molecule has 0 aliphatic carbocycles. The number of nitrogens with zero attached hydrogens (tertiary/aromatic N) is 1. The first-order valence-electron chi connectivity index (χ1n) is 9.56. The van der Waals surface area contributed by atoms with E-state index in [4.69, 9.17) is 9.47 Å². The number of aryl methyl sites for hydroxylation is 1. The minimum Gasteiger partial charge on any atom is -0.493 e. The molecule has 0 spiro atoms. The molecule has 8 nitrogen and oxygen atoms in total. The van der Waals surface area contributed by atoms with Crippen LogP contribution in [0.4, 0.5) is 0 Å². The molecule has 1 heterocycles. The maximum absolute atomic E-state index is 12.4. The normalized spacial score (nSPS) is 15.6. The van der Waals surface area contributed by atoms with E-state index in [0.717, 1.165) is 11.1 Å². The van der Waals surface area contributed by atoms with Gasteiger partial charge in [0, 0.05) is 25.1 Å². The summed E-state index contributed by atoms with van der Waals surface area (Å²) in [5.74, 6) is -0.592. The zero-order valence-electron chi connectivity index (χ0n) is 17.2. The molecule has 0 aromatic heterocycles. The molecule has 0 bridgehead atoms. The summed E-state index contributed by atoms with van der Waals surface area (Å²) in [7, 11) is 2.98. The number of likely N-dealkylation sites (tertiary alicyclic amines) is 1. The highest BCUT2D eigenvalue weighted by atomic mass is 16.5. The van der Waals surface area contributed by atoms with Crippen molar-refractivity contribution in [1.29, 1.82) is 0 Å². The van der Waals surface area contributed by atoms with E-state index in [0.29, 0.717) is 30.2 Å². The third-order valence-corrected chi connectivity index (χ3v) is 5.02. The number of carbonyl (C=O) groups is 3. The number of hydrogen-bond acceptors (Lipinski definition) is 5. The summed E-state index contributed by atoms with van der Waals surface area (Å²) < 4.78 is 10.3. The molecule has 0 radical (unpaired) electrons. The van der Waals surface area contributed by atoms with Gasteiger partial charge in [0.05, 0.1) is 20.1 Å². The number of hydrazine groups is 1. The van der Waals surface area contributed by atoms with Crippen molar-refractivity contribution < 1.29 is 23.9 Å². The van der Waals surface area contributed by atoms with Gasteiger partial charge in [-0.15, -0.1) is 0 Å². The smallest absolute Gasteiger partial charge is 0.269 e. The fourth-order valence-electron chi connectivity index (χ4n) is 3.28. The highest BCUT2D eigenvalue weighted by Crippen LogP contribution is 2.27. The number of hydrogen-bond donors (Lipinski definition) is 2. The van der Waals surface area contributed by atoms with Crippen LogP contribution in [0.25, 0.3) is 0 Å². The van der Waals surface area contributed by atoms with Crippen molar-refractivity contribution in [2.45, 2.75) is 19.9 Å². The molecule has 8 heteroatoms. The Balaban J connectivity index is 1.54. The second-order valence-corrected chi connectivity index (χ2v) is 7.17. The Hall–Kier alpha value is -3.55. The maximum Gasteiger partial charge on any atom is 0.269 e. The van der Waals surface area contributed by atoms with E-state index in [2.05, 4.69) is 10.9 Å². The van der Waals surface area contributed by atoms with Crippen LogP contribution < -0.4 is 20.3 Å². The Labute approximate surface area is 175 Å². The highest BCUT2D eigenvalue weighted by Gasteiger charge is 2.34. The molecule has 158 valence electrons. The van der Waals surface area contributed by atoms with Crippen LogP contribution in [-0.4, -0.2) is 43.4 Å². The first-order valence-corrected chi connectivity index (χ1v) is 9.56. The average Bonchev–Trinajstić information content (AvgIpc) is 3.13. The zero-order chi connectivity index (χ0) is 21.7. The number of rotatable bonds is 6. The second-order valence-electron chi connectivity index (χ2n) is 7.17. The van der Waals surface area contributed by atoms with Gasteiger partial charge in [-0.25, -0.2) is 0 Å². The van der Waals surface area contributed by atoms with Crippen molar-refractivity contribution in [1.82, 2.24) is 15.8 Å². The second kappa shape index (κ2) is 9.30. The van der Waals surface area contributed by atoms with Crippen molar-refractivity contribution in [3.8, 4) is 11.5 Å². The fraction of sp³-hybridized carbons (Fsp3) is 0.318. The van der Waals surface area contributed by atoms with Gasteiger partial charge < -0.3 is 14.4 Å². The topological polar surface area (TPSA) is 97.0 Å². The van der Waals surface area contributed by atoms with Gasteiger partial charge in [0.25, 0.3) is 5.91 Å². The Kier molecular flexibility index (Phi) is 6.56. The summed E-state index contributed by atoms with van der Waals surface area (Å²) in [6.45, 7) is 2.77. The monoisotopic (exact) mass is 411 g/mol. The lowest BCUT2D eigenvalue weighted by atomic mass is 10.1. The standard InChI is InChI=1S/C22H25N3O5/c1-14-4-6-15(7-5-14)12-25-13-17(11-20(25)26)22(28)24-23-21(27)16-8-9-18(29-2)19(10-16)30-3/h4-10,17H,11-13H2,1-3H3,(H,23,27)(H,24,28). The minimum atomic E-state index is -0.520. The Morgan fingerprint density at radius 3 is 2.40 bits per heavy atom. The summed E-state index contributed by atoms with van der Waals surface area (Å²) in [5, 5.41) is 0. The van der Waals surface area contributed by atoms with Gasteiger partial charge in [0.1, 0.15) is 0 Å². The van der Waals surface area contributed by atoms with Crippen LogP contribution in [0.2, 0.25) is 0 Å². The van der Waals surface area contributed by atoms with E-state index in [1.54, 1.807) is 17.0 Å². The molecule has 1 atom stereocenters. The molecule has 2 aromatic rings. The van der Waals surface area contributed by atoms with Gasteiger partial charge in [-0.3, -0.25) is 25.2 Å². The molecule has 1 aliphatic rings. The molecule has 30 heavy (non-hydrogen) atoms. The summed E-state index contributed by atoms with van der Waals surface area (Å²) in [6.07, 6.45) is 0.115. The van der Waals surface area contributed by atoms with Crippen molar-refractivity contribution >= 4 is 17.7 Å². The lowest BCUT2D eigenvalue weighted by molar-refractivity contribution is -0.129. The number of nitrogens with one attached hydrogen (secondary N) is 2. The first-order chi connectivity index (χ1) is 14.4. The van der Waals surface area contributed by atoms with Crippen molar-refractivity contribution in [2.24, 2.45) is 5.92 Å². The van der Waals surface area contributed by atoms with E-state index in [-0.39, 0.29) is 12.3 Å². The molecular formula is C22H25N3O5. The van der Waals surface area contributed by atoms with Crippen LogP contribution in [0.1, 0.15) is 27.9 Å². The van der Waals surface area contributed by atoms with Gasteiger partial charge in [-0.05, 0) is 30.7 Å². The summed E-state index contributed by atoms with van der Waals surface area (Å²) in [5.41, 5.74) is 7.26. The van der Waals surface area contributed by atoms with Crippen LogP contribution in [0.15, 0.2) is 42.5 Å². The number of benzene rings is 2. The molecule has 0 saturated carbocycles. The molecular weight excluding hydrogens is 386 g/mol. The van der Waals surface area contributed by atoms with Crippen LogP contribution in [0, 0.1) is 12.8 Å². The van der Waals surface area contributed by atoms with E-state index in [1.165, 1.54) is 20.3 Å². The van der Waals surface area contributed by atoms with E-state index >= 15 is 0 Å². The molecule has 3 rings (SSSR count). The predicted molar refractivity (Wildman–Crippen MR) is 110 cm³/mol. The summed E-state index contributed by atoms with van der Waals surface area (Å²) in [6, 6.07) is 12.6. The highest BCUT2D eigenvalue weighted by molar-refractivity contribution is 5.97. The maximum atomic E-state index is 12.4. The van der Waals surface area contributed by atoms with Crippen molar-refractivity contribution in [3.63, 3.8) is 0 Å². The quantitative estimate of drug-likeness (QED) is 0.707. The average molecular weight is 411 g/mol. The lowest BCUT2D eigenvalue weighted by Gasteiger charge is -2.17. The van der Waals surface area contributed by atoms with Crippen LogP contribution in [0.3, 0.4) is 0 Å². The Morgan fingerprint density at radius 1 is 1.03 bits per heavy atom. The summed E-state index contributed by atoms with van der Waals surface area (Å²) >= 11 is 0. The largest absolute Gasteiger partial charge is 0.493 e. The van der Waals surface area contributed by atoms with Gasteiger partial charge >= 0.3 is 0 Å². The summed E-state index contributed by atoms with van der Waals surface area (Å²) in [4.78, 5) is 38.7. The number of methoxy groups -OCH3 is 2. The van der Waals surface area contributed by atoms with Crippen LogP contribution in [0.5, 0.6) is 11.5 Å². The van der Waals surface area contributed by atoms with E-state index in [9.17, 15) is 14.4 Å². The minimum absolute atomic E-state index is 0.0815. The molecule has 3 amide bonds. The molecule has 1 fully saturated rings. The van der Waals surface area contributed by atoms with Gasteiger partial charge in [-0.1, -0.05) is 29.8 Å². The molecule has 1 aliphatic heterocycles. The third kappa shape index (κ3) is 4.89.